The van der Waals surface area contributed by atoms with Gasteiger partial charge in [0.2, 0.25) is 0 Å². The number of rotatable bonds is 3. The van der Waals surface area contributed by atoms with Crippen molar-refractivity contribution in [1.82, 2.24) is 10.2 Å². The number of likely N-dealkylation sites (N-methyl/N-ethyl adjacent to an activating group) is 1. The molecule has 2 N–H and O–H groups in total. The van der Waals surface area contributed by atoms with Crippen LogP contribution in [0.25, 0.3) is 0 Å². The van der Waals surface area contributed by atoms with Crippen molar-refractivity contribution in [2.75, 3.05) is 26.7 Å². The summed E-state index contributed by atoms with van der Waals surface area (Å²) in [5, 5.41) is 13.0. The number of nitrogens with one attached hydrogen (secondary N) is 1. The van der Waals surface area contributed by atoms with E-state index in [0.29, 0.717) is 0 Å². The highest BCUT2D eigenvalue weighted by atomic mass is 16.3. The molecule has 1 saturated heterocycles. The molecule has 2 rings (SSSR count). The van der Waals surface area contributed by atoms with E-state index in [1.54, 1.807) is 0 Å². The van der Waals surface area contributed by atoms with E-state index in [1.165, 1.54) is 51.5 Å². The van der Waals surface area contributed by atoms with E-state index in [-0.39, 0.29) is 12.1 Å². The van der Waals surface area contributed by atoms with Gasteiger partial charge in [-0.2, -0.15) is 0 Å². The Morgan fingerprint density at radius 3 is 2.47 bits per heavy atom. The Balaban J connectivity index is 1.95. The number of likely N-dealkylation sites (tertiary alicyclic amines) is 1. The fourth-order valence-corrected chi connectivity index (χ4v) is 3.51. The number of piperidine rings is 1. The fourth-order valence-electron chi connectivity index (χ4n) is 3.51. The van der Waals surface area contributed by atoms with Gasteiger partial charge in [0, 0.05) is 12.6 Å². The lowest BCUT2D eigenvalue weighted by molar-refractivity contribution is 0.0444. The second-order valence-corrected chi connectivity index (χ2v) is 5.91. The van der Waals surface area contributed by atoms with Gasteiger partial charge >= 0.3 is 0 Å². The smallest absolute Gasteiger partial charge is 0.0625 e. The molecule has 0 bridgehead atoms. The maximum atomic E-state index is 9.62. The second-order valence-electron chi connectivity index (χ2n) is 5.91. The maximum absolute atomic E-state index is 9.62. The zero-order chi connectivity index (χ0) is 12.1. The predicted octanol–water partition coefficient (Wildman–Crippen LogP) is 1.76. The van der Waals surface area contributed by atoms with Gasteiger partial charge in [-0.15, -0.1) is 0 Å². The summed E-state index contributed by atoms with van der Waals surface area (Å²) in [6, 6.07) is 0.775. The van der Waals surface area contributed by atoms with Crippen LogP contribution in [0.4, 0.5) is 0 Å². The number of aliphatic hydroxyl groups excluding tert-OH is 1. The molecule has 0 spiro atoms. The fraction of sp³-hybridized carbons (Fsp3) is 1.00. The Morgan fingerprint density at radius 1 is 1.18 bits per heavy atom. The standard InChI is InChI=1S/C14H28N2O/c1-15-14(12-17)9-6-10-16(11-14)13-7-4-2-3-5-8-13/h13,15,17H,2-12H2,1H3. The van der Waals surface area contributed by atoms with Crippen molar-refractivity contribution < 1.29 is 5.11 Å². The van der Waals surface area contributed by atoms with Crippen LogP contribution in [0.15, 0.2) is 0 Å². The molecule has 1 aliphatic carbocycles. The van der Waals surface area contributed by atoms with Crippen molar-refractivity contribution in [3.05, 3.63) is 0 Å². The lowest BCUT2D eigenvalue weighted by atomic mass is 9.88. The summed E-state index contributed by atoms with van der Waals surface area (Å²) in [7, 11) is 1.99. The van der Waals surface area contributed by atoms with Crippen LogP contribution in [-0.2, 0) is 0 Å². The Morgan fingerprint density at radius 2 is 1.88 bits per heavy atom. The van der Waals surface area contributed by atoms with Gasteiger partial charge in [-0.05, 0) is 39.3 Å². The molecule has 0 radical (unpaired) electrons. The molecule has 1 heterocycles. The summed E-state index contributed by atoms with van der Waals surface area (Å²) in [5.41, 5.74) is -0.0371. The zero-order valence-corrected chi connectivity index (χ0v) is 11.2. The average Bonchev–Trinajstić information content (AvgIpc) is 2.67. The molecular weight excluding hydrogens is 212 g/mol. The van der Waals surface area contributed by atoms with Crippen LogP contribution in [0, 0.1) is 0 Å². The second kappa shape index (κ2) is 6.17. The molecule has 3 nitrogen and oxygen atoms in total. The van der Waals surface area contributed by atoms with Crippen LogP contribution < -0.4 is 5.32 Å². The summed E-state index contributed by atoms with van der Waals surface area (Å²) < 4.78 is 0. The van der Waals surface area contributed by atoms with Crippen LogP contribution in [0.1, 0.15) is 51.4 Å². The van der Waals surface area contributed by atoms with Crippen molar-refractivity contribution in [2.24, 2.45) is 0 Å². The first kappa shape index (κ1) is 13.3. The van der Waals surface area contributed by atoms with Crippen molar-refractivity contribution in [2.45, 2.75) is 62.9 Å². The lowest BCUT2D eigenvalue weighted by Gasteiger charge is -2.45. The molecule has 0 aromatic heterocycles. The van der Waals surface area contributed by atoms with E-state index in [9.17, 15) is 5.11 Å². The van der Waals surface area contributed by atoms with Crippen LogP contribution in [-0.4, -0.2) is 48.3 Å². The van der Waals surface area contributed by atoms with Gasteiger partial charge < -0.3 is 10.4 Å². The van der Waals surface area contributed by atoms with Crippen molar-refractivity contribution in [3.8, 4) is 0 Å². The van der Waals surface area contributed by atoms with Gasteiger partial charge in [0.1, 0.15) is 0 Å². The summed E-state index contributed by atoms with van der Waals surface area (Å²) in [6.07, 6.45) is 10.7. The normalized spacial score (nSPS) is 33.5. The third kappa shape index (κ3) is 3.21. The number of hydrogen-bond donors (Lipinski definition) is 2. The Bertz CT molecular complexity index is 220. The van der Waals surface area contributed by atoms with Gasteiger partial charge in [0.15, 0.2) is 0 Å². The number of aliphatic hydroxyl groups is 1. The van der Waals surface area contributed by atoms with Crippen LogP contribution >= 0.6 is 0 Å². The average molecular weight is 240 g/mol. The number of hydrogen-bond acceptors (Lipinski definition) is 3. The first-order valence-electron chi connectivity index (χ1n) is 7.33. The van der Waals surface area contributed by atoms with Gasteiger partial charge in [-0.1, -0.05) is 25.7 Å². The highest BCUT2D eigenvalue weighted by Gasteiger charge is 2.35. The minimum absolute atomic E-state index is 0.0371. The molecule has 0 amide bonds. The monoisotopic (exact) mass is 240 g/mol. The van der Waals surface area contributed by atoms with E-state index in [0.717, 1.165) is 19.0 Å². The van der Waals surface area contributed by atoms with E-state index < -0.39 is 0 Å². The maximum Gasteiger partial charge on any atom is 0.0625 e. The molecule has 2 aliphatic rings. The lowest BCUT2D eigenvalue weighted by Crippen LogP contribution is -2.60. The van der Waals surface area contributed by atoms with E-state index in [2.05, 4.69) is 10.2 Å². The molecule has 0 aromatic rings. The molecular formula is C14H28N2O. The molecule has 1 unspecified atom stereocenters. The molecule has 3 heteroatoms. The predicted molar refractivity (Wildman–Crippen MR) is 71.2 cm³/mol. The van der Waals surface area contributed by atoms with Crippen LogP contribution in [0.2, 0.25) is 0 Å². The van der Waals surface area contributed by atoms with Gasteiger partial charge in [0.05, 0.1) is 12.1 Å². The summed E-state index contributed by atoms with van der Waals surface area (Å²) >= 11 is 0. The molecule has 100 valence electrons. The quantitative estimate of drug-likeness (QED) is 0.738. The molecule has 1 atom stereocenters. The summed E-state index contributed by atoms with van der Waals surface area (Å²) in [6.45, 7) is 2.53. The van der Waals surface area contributed by atoms with E-state index >= 15 is 0 Å². The minimum Gasteiger partial charge on any atom is -0.394 e. The van der Waals surface area contributed by atoms with Crippen molar-refractivity contribution in [3.63, 3.8) is 0 Å². The zero-order valence-electron chi connectivity index (χ0n) is 11.2. The number of nitrogens with zero attached hydrogens (tertiary/aromatic N) is 1. The van der Waals surface area contributed by atoms with Gasteiger partial charge in [-0.3, -0.25) is 4.90 Å². The minimum atomic E-state index is -0.0371. The van der Waals surface area contributed by atoms with Gasteiger partial charge in [-0.25, -0.2) is 0 Å². The summed E-state index contributed by atoms with van der Waals surface area (Å²) in [5.74, 6) is 0. The van der Waals surface area contributed by atoms with Crippen molar-refractivity contribution in [1.29, 1.82) is 0 Å². The third-order valence-electron chi connectivity index (χ3n) is 4.78. The summed E-state index contributed by atoms with van der Waals surface area (Å²) in [4.78, 5) is 2.64. The topological polar surface area (TPSA) is 35.5 Å². The first-order chi connectivity index (χ1) is 8.29. The first-order valence-corrected chi connectivity index (χ1v) is 7.33. The largest absolute Gasteiger partial charge is 0.394 e. The molecule has 17 heavy (non-hydrogen) atoms. The Hall–Kier alpha value is -0.120. The molecule has 1 aliphatic heterocycles. The van der Waals surface area contributed by atoms with E-state index in [1.807, 2.05) is 7.05 Å². The Labute approximate surface area is 106 Å². The highest BCUT2D eigenvalue weighted by Crippen LogP contribution is 2.28. The van der Waals surface area contributed by atoms with Crippen molar-refractivity contribution >= 4 is 0 Å². The highest BCUT2D eigenvalue weighted by molar-refractivity contribution is 4.95. The molecule has 1 saturated carbocycles. The van der Waals surface area contributed by atoms with Crippen LogP contribution in [0.5, 0.6) is 0 Å². The third-order valence-corrected chi connectivity index (χ3v) is 4.78. The molecule has 2 fully saturated rings. The van der Waals surface area contributed by atoms with Gasteiger partial charge in [0.25, 0.3) is 0 Å². The SMILES string of the molecule is CNC1(CO)CCCN(C2CCCCCC2)C1. The Kier molecular flexibility index (Phi) is 4.83. The van der Waals surface area contributed by atoms with E-state index in [4.69, 9.17) is 0 Å². The molecule has 0 aromatic carbocycles. The van der Waals surface area contributed by atoms with Crippen LogP contribution in [0.3, 0.4) is 0 Å².